The lowest BCUT2D eigenvalue weighted by atomic mass is 10.2. The smallest absolute Gasteiger partial charge is 0.153 e. The lowest BCUT2D eigenvalue weighted by Crippen LogP contribution is -1.83. The van der Waals surface area contributed by atoms with Gasteiger partial charge in [-0.05, 0) is 48.5 Å². The quantitative estimate of drug-likeness (QED) is 0.134. The number of para-hydroxylation sites is 4. The lowest BCUT2D eigenvalue weighted by Gasteiger charge is -1.98. The molecule has 4 N–H and O–H groups in total. The summed E-state index contributed by atoms with van der Waals surface area (Å²) in [5.41, 5.74) is 8.28. The number of thiazole rings is 1. The zero-order chi connectivity index (χ0) is 23.6. The first-order chi connectivity index (χ1) is 16.0. The van der Waals surface area contributed by atoms with Crippen LogP contribution in [0.1, 0.15) is 10.4 Å². The Morgan fingerprint density at radius 1 is 0.788 bits per heavy atom. The molecule has 0 radical (unpaired) electrons. The summed E-state index contributed by atoms with van der Waals surface area (Å²) in [6.07, 6.45) is 0.620. The van der Waals surface area contributed by atoms with Crippen LogP contribution in [0.5, 0.6) is 11.5 Å². The van der Waals surface area contributed by atoms with Crippen LogP contribution in [-0.4, -0.2) is 21.5 Å². The first-order valence-electron chi connectivity index (χ1n) is 9.90. The van der Waals surface area contributed by atoms with Crippen molar-refractivity contribution in [2.24, 2.45) is 0 Å². The maximum Gasteiger partial charge on any atom is 0.153 e. The Morgan fingerprint density at radius 3 is 1.97 bits per heavy atom. The molecule has 4 aromatic carbocycles. The third-order valence-electron chi connectivity index (χ3n) is 4.43. The van der Waals surface area contributed by atoms with Crippen LogP contribution >= 0.6 is 24.0 Å². The van der Waals surface area contributed by atoms with E-state index in [4.69, 9.17) is 10.8 Å². The summed E-state index contributed by atoms with van der Waals surface area (Å²) >= 11 is 5.67. The molecule has 166 valence electrons. The largest absolute Gasteiger partial charge is 0.507 e. The Bertz CT molecular complexity index is 1300. The number of carbonyl (C=O) groups excluding carboxylic acids is 1. The number of carbonyl (C=O) groups is 1. The molecule has 0 amide bonds. The fourth-order valence-corrected chi connectivity index (χ4v) is 3.88. The van der Waals surface area contributed by atoms with Gasteiger partial charge in [0.15, 0.2) is 6.29 Å². The number of anilines is 1. The molecule has 0 fully saturated rings. The van der Waals surface area contributed by atoms with Crippen molar-refractivity contribution in [3.05, 3.63) is 103 Å². The predicted molar refractivity (Wildman–Crippen MR) is 138 cm³/mol. The average Bonchev–Trinajstić information content (AvgIpc) is 3.27. The summed E-state index contributed by atoms with van der Waals surface area (Å²) in [4.78, 5) is 15.4. The second-order valence-electron chi connectivity index (χ2n) is 6.74. The maximum atomic E-state index is 10.1. The number of benzene rings is 4. The zero-order valence-electron chi connectivity index (χ0n) is 17.5. The Morgan fingerprint density at radius 2 is 1.39 bits per heavy atom. The molecule has 0 aliphatic heterocycles. The van der Waals surface area contributed by atoms with Gasteiger partial charge in [-0.2, -0.15) is 0 Å². The van der Waals surface area contributed by atoms with E-state index in [-0.39, 0.29) is 11.5 Å². The molecule has 7 heteroatoms. The molecular weight excluding hydrogens is 452 g/mol. The van der Waals surface area contributed by atoms with E-state index in [0.717, 1.165) is 31.4 Å². The highest BCUT2D eigenvalue weighted by atomic mass is 32.1. The molecule has 0 aliphatic carbocycles. The summed E-state index contributed by atoms with van der Waals surface area (Å²) in [5, 5.41) is 19.5. The van der Waals surface area contributed by atoms with E-state index in [0.29, 0.717) is 11.8 Å². The van der Waals surface area contributed by atoms with Gasteiger partial charge in [-0.3, -0.25) is 4.79 Å². The minimum absolute atomic E-state index is 0.0347. The second-order valence-corrected chi connectivity index (χ2v) is 8.25. The van der Waals surface area contributed by atoms with E-state index in [9.17, 15) is 9.90 Å². The average molecular weight is 475 g/mol. The standard InChI is InChI=1S/C13H9NOS.C7H6O2.C6H7NS/c15-11-7-3-1-5-9(11)13-14-10-6-2-4-8-12(10)16-13;8-5-6-3-1-2-4-7(6)9;7-5-3-1-2-4-6(5)8/h1-8,15H;1-5,9H;1-4,8H,7H2. The number of aromatic hydroxyl groups is 2. The molecule has 0 bridgehead atoms. The Hall–Kier alpha value is -3.81. The van der Waals surface area contributed by atoms with Crippen molar-refractivity contribution in [3.8, 4) is 22.1 Å². The molecular formula is C26H22N2O3S2. The number of hydrogen-bond donors (Lipinski definition) is 4. The molecule has 0 saturated heterocycles. The number of aromatic nitrogens is 1. The topological polar surface area (TPSA) is 96.4 Å². The number of hydrogen-bond acceptors (Lipinski definition) is 7. The number of nitrogens with zero attached hydrogens (tertiary/aromatic N) is 1. The first kappa shape index (κ1) is 23.8. The summed E-state index contributed by atoms with van der Waals surface area (Å²) < 4.78 is 1.14. The lowest BCUT2D eigenvalue weighted by molar-refractivity contribution is 0.112. The van der Waals surface area contributed by atoms with Crippen LogP contribution in [0.3, 0.4) is 0 Å². The minimum atomic E-state index is 0.0347. The van der Waals surface area contributed by atoms with Crippen LogP contribution in [0, 0.1) is 0 Å². The van der Waals surface area contributed by atoms with E-state index in [2.05, 4.69) is 17.6 Å². The second kappa shape index (κ2) is 11.7. The summed E-state index contributed by atoms with van der Waals surface area (Å²) in [6, 6.07) is 29.1. The van der Waals surface area contributed by atoms with Crippen molar-refractivity contribution in [2.45, 2.75) is 4.90 Å². The number of nitrogen functional groups attached to an aromatic ring is 1. The maximum absolute atomic E-state index is 10.1. The van der Waals surface area contributed by atoms with Gasteiger partial charge >= 0.3 is 0 Å². The zero-order valence-corrected chi connectivity index (χ0v) is 19.2. The Kier molecular flexibility index (Phi) is 8.46. The highest BCUT2D eigenvalue weighted by molar-refractivity contribution is 7.80. The van der Waals surface area contributed by atoms with Gasteiger partial charge in [0.1, 0.15) is 16.5 Å². The first-order valence-corrected chi connectivity index (χ1v) is 11.2. The van der Waals surface area contributed by atoms with Gasteiger partial charge in [0.2, 0.25) is 0 Å². The van der Waals surface area contributed by atoms with Crippen LogP contribution in [0.15, 0.2) is 102 Å². The third kappa shape index (κ3) is 6.58. The fraction of sp³-hybridized carbons (Fsp3) is 0. The molecule has 1 heterocycles. The van der Waals surface area contributed by atoms with Gasteiger partial charge in [0.05, 0.1) is 21.3 Å². The van der Waals surface area contributed by atoms with Crippen molar-refractivity contribution in [1.82, 2.24) is 4.98 Å². The summed E-state index contributed by atoms with van der Waals surface area (Å²) in [5.74, 6) is 0.314. The SMILES string of the molecule is Nc1ccccc1S.O=Cc1ccccc1O.Oc1ccccc1-c1nc2ccccc2s1. The van der Waals surface area contributed by atoms with Gasteiger partial charge in [0.25, 0.3) is 0 Å². The van der Waals surface area contributed by atoms with E-state index in [1.165, 1.54) is 6.07 Å². The highest BCUT2D eigenvalue weighted by Gasteiger charge is 2.08. The van der Waals surface area contributed by atoms with Crippen molar-refractivity contribution in [3.63, 3.8) is 0 Å². The monoisotopic (exact) mass is 474 g/mol. The summed E-state index contributed by atoms with van der Waals surface area (Å²) in [7, 11) is 0. The van der Waals surface area contributed by atoms with Gasteiger partial charge in [-0.1, -0.05) is 48.5 Å². The Balaban J connectivity index is 0.000000153. The van der Waals surface area contributed by atoms with E-state index < -0.39 is 0 Å². The number of fused-ring (bicyclic) bond motifs is 1. The number of nitrogens with two attached hydrogens (primary N) is 1. The van der Waals surface area contributed by atoms with Crippen LogP contribution in [-0.2, 0) is 0 Å². The van der Waals surface area contributed by atoms with Crippen molar-refractivity contribution in [2.75, 3.05) is 5.73 Å². The summed E-state index contributed by atoms with van der Waals surface area (Å²) in [6.45, 7) is 0. The van der Waals surface area contributed by atoms with Crippen molar-refractivity contribution < 1.29 is 15.0 Å². The molecule has 0 aliphatic rings. The number of aldehydes is 1. The van der Waals surface area contributed by atoms with Crippen LogP contribution < -0.4 is 5.73 Å². The molecule has 33 heavy (non-hydrogen) atoms. The minimum Gasteiger partial charge on any atom is -0.507 e. The van der Waals surface area contributed by atoms with Gasteiger partial charge < -0.3 is 15.9 Å². The molecule has 0 saturated carbocycles. The fourth-order valence-electron chi connectivity index (χ4n) is 2.72. The van der Waals surface area contributed by atoms with E-state index in [1.54, 1.807) is 35.6 Å². The Labute approximate surface area is 201 Å². The van der Waals surface area contributed by atoms with Crippen LogP contribution in [0.2, 0.25) is 0 Å². The van der Waals surface area contributed by atoms with E-state index >= 15 is 0 Å². The number of phenolic OH excluding ortho intramolecular Hbond substituents is 2. The highest BCUT2D eigenvalue weighted by Crippen LogP contribution is 2.34. The molecule has 5 rings (SSSR count). The molecule has 5 aromatic rings. The molecule has 0 atom stereocenters. The normalized spacial score (nSPS) is 9.85. The van der Waals surface area contributed by atoms with Gasteiger partial charge in [-0.15, -0.1) is 24.0 Å². The number of phenols is 2. The predicted octanol–water partition coefficient (Wildman–Crippen LogP) is 6.43. The van der Waals surface area contributed by atoms with E-state index in [1.807, 2.05) is 66.7 Å². The van der Waals surface area contributed by atoms with Gasteiger partial charge in [0, 0.05) is 10.6 Å². The number of rotatable bonds is 2. The van der Waals surface area contributed by atoms with Crippen molar-refractivity contribution in [1.29, 1.82) is 0 Å². The van der Waals surface area contributed by atoms with Crippen molar-refractivity contribution >= 4 is 46.2 Å². The molecule has 1 aromatic heterocycles. The van der Waals surface area contributed by atoms with Gasteiger partial charge in [-0.25, -0.2) is 4.98 Å². The molecule has 5 nitrogen and oxygen atoms in total. The van der Waals surface area contributed by atoms with Crippen LogP contribution in [0.4, 0.5) is 5.69 Å². The molecule has 0 spiro atoms. The number of thiol groups is 1. The third-order valence-corrected chi connectivity index (χ3v) is 5.91. The molecule has 0 unspecified atom stereocenters. The van der Waals surface area contributed by atoms with Crippen LogP contribution in [0.25, 0.3) is 20.8 Å².